The second-order valence-corrected chi connectivity index (χ2v) is 4.52. The SMILES string of the molecule is C=CCc1cccc(C=Nc2cccc(Cl)c2)c1O. The van der Waals surface area contributed by atoms with Crippen LogP contribution in [0.5, 0.6) is 5.75 Å². The zero-order valence-electron chi connectivity index (χ0n) is 10.4. The first-order valence-corrected chi connectivity index (χ1v) is 6.30. The number of rotatable bonds is 4. The monoisotopic (exact) mass is 271 g/mol. The van der Waals surface area contributed by atoms with Crippen molar-refractivity contribution in [2.45, 2.75) is 6.42 Å². The van der Waals surface area contributed by atoms with Crippen molar-refractivity contribution in [1.82, 2.24) is 0 Å². The van der Waals surface area contributed by atoms with Crippen LogP contribution in [0.4, 0.5) is 5.69 Å². The zero-order chi connectivity index (χ0) is 13.7. The van der Waals surface area contributed by atoms with Gasteiger partial charge in [0.1, 0.15) is 5.75 Å². The van der Waals surface area contributed by atoms with Gasteiger partial charge in [-0.2, -0.15) is 0 Å². The third-order valence-corrected chi connectivity index (χ3v) is 2.91. The first-order chi connectivity index (χ1) is 9.20. The largest absolute Gasteiger partial charge is 0.507 e. The summed E-state index contributed by atoms with van der Waals surface area (Å²) in [4.78, 5) is 4.30. The number of phenolic OH excluding ortho intramolecular Hbond substituents is 1. The van der Waals surface area contributed by atoms with Gasteiger partial charge in [0, 0.05) is 16.8 Å². The average molecular weight is 272 g/mol. The van der Waals surface area contributed by atoms with E-state index in [9.17, 15) is 5.11 Å². The predicted octanol–water partition coefficient (Wildman–Crippen LogP) is 4.52. The molecule has 0 aliphatic rings. The molecule has 0 unspecified atom stereocenters. The van der Waals surface area contributed by atoms with Crippen molar-refractivity contribution in [3.8, 4) is 5.75 Å². The Bertz CT molecular complexity index is 620. The summed E-state index contributed by atoms with van der Waals surface area (Å²) in [6.07, 6.45) is 4.02. The summed E-state index contributed by atoms with van der Waals surface area (Å²) in [7, 11) is 0. The fourth-order valence-corrected chi connectivity index (χ4v) is 1.92. The van der Waals surface area contributed by atoms with Crippen LogP contribution in [-0.4, -0.2) is 11.3 Å². The van der Waals surface area contributed by atoms with Crippen LogP contribution >= 0.6 is 11.6 Å². The zero-order valence-corrected chi connectivity index (χ0v) is 11.1. The highest BCUT2D eigenvalue weighted by molar-refractivity contribution is 6.30. The maximum absolute atomic E-state index is 10.1. The standard InChI is InChI=1S/C16H14ClNO/c1-2-5-12-6-3-7-13(16(12)19)11-18-15-9-4-8-14(17)10-15/h2-4,6-11,19H,1,5H2. The second-order valence-electron chi connectivity index (χ2n) is 4.09. The van der Waals surface area contributed by atoms with Gasteiger partial charge in [0.05, 0.1) is 5.69 Å². The number of hydrogen-bond donors (Lipinski definition) is 1. The summed E-state index contributed by atoms with van der Waals surface area (Å²) >= 11 is 5.89. The minimum absolute atomic E-state index is 0.244. The quantitative estimate of drug-likeness (QED) is 0.643. The minimum Gasteiger partial charge on any atom is -0.507 e. The molecule has 2 aromatic carbocycles. The summed E-state index contributed by atoms with van der Waals surface area (Å²) < 4.78 is 0. The van der Waals surface area contributed by atoms with E-state index in [2.05, 4.69) is 11.6 Å². The highest BCUT2D eigenvalue weighted by Gasteiger charge is 2.03. The van der Waals surface area contributed by atoms with Gasteiger partial charge in [-0.3, -0.25) is 4.99 Å². The number of halogens is 1. The van der Waals surface area contributed by atoms with Crippen LogP contribution in [-0.2, 0) is 6.42 Å². The summed E-state index contributed by atoms with van der Waals surface area (Å²) in [6, 6.07) is 12.8. The number of para-hydroxylation sites is 1. The number of phenols is 1. The number of hydrogen-bond acceptors (Lipinski definition) is 2. The van der Waals surface area contributed by atoms with Crippen molar-refractivity contribution in [2.75, 3.05) is 0 Å². The molecule has 2 nitrogen and oxygen atoms in total. The minimum atomic E-state index is 0.244. The van der Waals surface area contributed by atoms with Gasteiger partial charge in [0.25, 0.3) is 0 Å². The molecule has 0 bridgehead atoms. The van der Waals surface area contributed by atoms with Crippen LogP contribution in [0.1, 0.15) is 11.1 Å². The molecule has 0 aliphatic carbocycles. The van der Waals surface area contributed by atoms with E-state index in [0.717, 1.165) is 11.3 Å². The molecule has 2 rings (SSSR count). The molecule has 96 valence electrons. The molecule has 0 saturated carbocycles. The van der Waals surface area contributed by atoms with Crippen molar-refractivity contribution in [2.24, 2.45) is 4.99 Å². The van der Waals surface area contributed by atoms with Crippen LogP contribution in [0.15, 0.2) is 60.1 Å². The van der Waals surface area contributed by atoms with Crippen LogP contribution < -0.4 is 0 Å². The Balaban J connectivity index is 2.28. The van der Waals surface area contributed by atoms with E-state index in [1.54, 1.807) is 24.4 Å². The Kier molecular flexibility index (Phi) is 4.37. The van der Waals surface area contributed by atoms with E-state index in [1.165, 1.54) is 0 Å². The fraction of sp³-hybridized carbons (Fsp3) is 0.0625. The van der Waals surface area contributed by atoms with E-state index < -0.39 is 0 Å². The number of allylic oxidation sites excluding steroid dienone is 1. The first kappa shape index (κ1) is 13.4. The lowest BCUT2D eigenvalue weighted by Crippen LogP contribution is -1.88. The van der Waals surface area contributed by atoms with Gasteiger partial charge in [-0.05, 0) is 36.2 Å². The highest BCUT2D eigenvalue weighted by atomic mass is 35.5. The van der Waals surface area contributed by atoms with E-state index in [-0.39, 0.29) is 5.75 Å². The lowest BCUT2D eigenvalue weighted by atomic mass is 10.1. The number of benzene rings is 2. The molecule has 0 radical (unpaired) electrons. The lowest BCUT2D eigenvalue weighted by Gasteiger charge is -2.04. The molecule has 0 saturated heterocycles. The molecule has 3 heteroatoms. The number of nitrogens with zero attached hydrogens (tertiary/aromatic N) is 1. The molecule has 1 N–H and O–H groups in total. The molecule has 0 spiro atoms. The molecule has 0 atom stereocenters. The summed E-state index contributed by atoms with van der Waals surface area (Å²) in [6.45, 7) is 3.67. The molecule has 19 heavy (non-hydrogen) atoms. The van der Waals surface area contributed by atoms with Gasteiger partial charge in [-0.15, -0.1) is 6.58 Å². The first-order valence-electron chi connectivity index (χ1n) is 5.92. The van der Waals surface area contributed by atoms with Crippen molar-refractivity contribution in [3.63, 3.8) is 0 Å². The Labute approximate surface area is 117 Å². The normalized spacial score (nSPS) is 10.8. The van der Waals surface area contributed by atoms with Crippen LogP contribution in [0, 0.1) is 0 Å². The summed E-state index contributed by atoms with van der Waals surface area (Å²) in [5, 5.41) is 10.7. The van der Waals surface area contributed by atoms with Gasteiger partial charge in [-0.25, -0.2) is 0 Å². The predicted molar refractivity (Wildman–Crippen MR) is 80.7 cm³/mol. The van der Waals surface area contributed by atoms with Crippen LogP contribution in [0.3, 0.4) is 0 Å². The van der Waals surface area contributed by atoms with E-state index in [4.69, 9.17) is 11.6 Å². The average Bonchev–Trinajstić information content (AvgIpc) is 2.40. The molecule has 0 aromatic heterocycles. The molecule has 2 aromatic rings. The van der Waals surface area contributed by atoms with E-state index in [1.807, 2.05) is 30.3 Å². The van der Waals surface area contributed by atoms with Crippen LogP contribution in [0.2, 0.25) is 5.02 Å². The second kappa shape index (κ2) is 6.21. The number of aliphatic imine (C=N–C) groups is 1. The Morgan fingerprint density at radius 3 is 2.74 bits per heavy atom. The molecular formula is C16H14ClNO. The third-order valence-electron chi connectivity index (χ3n) is 2.68. The summed E-state index contributed by atoms with van der Waals surface area (Å²) in [5.41, 5.74) is 2.27. The topological polar surface area (TPSA) is 32.6 Å². The van der Waals surface area contributed by atoms with Gasteiger partial charge in [-0.1, -0.05) is 35.9 Å². The summed E-state index contributed by atoms with van der Waals surface area (Å²) in [5.74, 6) is 0.244. The van der Waals surface area contributed by atoms with Crippen molar-refractivity contribution >= 4 is 23.5 Å². The van der Waals surface area contributed by atoms with E-state index >= 15 is 0 Å². The molecule has 0 heterocycles. The van der Waals surface area contributed by atoms with Gasteiger partial charge in [0.15, 0.2) is 0 Å². The molecule has 0 amide bonds. The molecule has 0 fully saturated rings. The third kappa shape index (κ3) is 3.46. The maximum atomic E-state index is 10.1. The molecular weight excluding hydrogens is 258 g/mol. The number of aromatic hydroxyl groups is 1. The molecule has 0 aliphatic heterocycles. The Morgan fingerprint density at radius 1 is 1.21 bits per heavy atom. The van der Waals surface area contributed by atoms with Crippen LogP contribution in [0.25, 0.3) is 0 Å². The highest BCUT2D eigenvalue weighted by Crippen LogP contribution is 2.23. The Hall–Kier alpha value is -2.06. The maximum Gasteiger partial charge on any atom is 0.127 e. The smallest absolute Gasteiger partial charge is 0.127 e. The van der Waals surface area contributed by atoms with Gasteiger partial charge in [0.2, 0.25) is 0 Å². The van der Waals surface area contributed by atoms with Gasteiger partial charge >= 0.3 is 0 Å². The van der Waals surface area contributed by atoms with Gasteiger partial charge < -0.3 is 5.11 Å². The van der Waals surface area contributed by atoms with Crippen molar-refractivity contribution < 1.29 is 5.11 Å². The van der Waals surface area contributed by atoms with Crippen molar-refractivity contribution in [1.29, 1.82) is 0 Å². The van der Waals surface area contributed by atoms with E-state index in [0.29, 0.717) is 17.0 Å². The van der Waals surface area contributed by atoms with Crippen molar-refractivity contribution in [3.05, 3.63) is 71.3 Å². The fourth-order valence-electron chi connectivity index (χ4n) is 1.74. The lowest BCUT2D eigenvalue weighted by molar-refractivity contribution is 0.469. The Morgan fingerprint density at radius 2 is 2.00 bits per heavy atom.